The molecule has 4 rings (SSSR count). The molecule has 0 saturated heterocycles. The van der Waals surface area contributed by atoms with E-state index in [4.69, 9.17) is 10.6 Å². The van der Waals surface area contributed by atoms with Crippen molar-refractivity contribution in [2.75, 3.05) is 19.7 Å². The van der Waals surface area contributed by atoms with Crippen molar-refractivity contribution in [3.8, 4) is 0 Å². The molecule has 0 spiro atoms. The van der Waals surface area contributed by atoms with Crippen molar-refractivity contribution in [3.63, 3.8) is 0 Å². The predicted octanol–water partition coefficient (Wildman–Crippen LogP) is 5.84. The lowest BCUT2D eigenvalue weighted by molar-refractivity contribution is -0.125. The van der Waals surface area contributed by atoms with Crippen LogP contribution < -0.4 is 11.1 Å². The fourth-order valence-corrected chi connectivity index (χ4v) is 9.06. The van der Waals surface area contributed by atoms with Crippen molar-refractivity contribution in [2.45, 2.75) is 111 Å². The topological polar surface area (TPSA) is 96.9 Å². The molecule has 0 aromatic heterocycles. The maximum Gasteiger partial charge on any atom is 0.260 e. The Kier molecular flexibility index (Phi) is 9.66. The Labute approximate surface area is 231 Å². The van der Waals surface area contributed by atoms with E-state index in [9.17, 15) is 9.90 Å². The molecular formula is C32H55N3O3. The van der Waals surface area contributed by atoms with E-state index in [-0.39, 0.29) is 24.0 Å². The van der Waals surface area contributed by atoms with Crippen LogP contribution >= 0.6 is 0 Å². The summed E-state index contributed by atoms with van der Waals surface area (Å²) in [5.74, 6) is 3.65. The molecule has 1 amide bonds. The van der Waals surface area contributed by atoms with Gasteiger partial charge in [-0.25, -0.2) is 0 Å². The minimum absolute atomic E-state index is 0.0635. The number of hydrogen-bond donors (Lipinski definition) is 3. The second kappa shape index (κ2) is 12.4. The highest BCUT2D eigenvalue weighted by molar-refractivity contribution is 5.99. The third-order valence-electron chi connectivity index (χ3n) is 11.2. The second-order valence-corrected chi connectivity index (χ2v) is 14.0. The average Bonchev–Trinajstić information content (AvgIpc) is 3.22. The number of nitrogens with two attached hydrogens (primary N) is 1. The third-order valence-corrected chi connectivity index (χ3v) is 11.2. The number of aliphatic hydroxyl groups excluding tert-OH is 1. The van der Waals surface area contributed by atoms with Crippen molar-refractivity contribution in [2.24, 2.45) is 57.2 Å². The summed E-state index contributed by atoms with van der Waals surface area (Å²) < 4.78 is 0. The van der Waals surface area contributed by atoms with Crippen LogP contribution in [-0.4, -0.2) is 42.5 Å². The van der Waals surface area contributed by atoms with Crippen LogP contribution in [-0.2, 0) is 9.63 Å². The molecule has 4 aliphatic rings. The first-order chi connectivity index (χ1) is 18.1. The Morgan fingerprint density at radius 2 is 1.92 bits per heavy atom. The van der Waals surface area contributed by atoms with Crippen LogP contribution in [0.1, 0.15) is 105 Å². The number of nitrogens with zero attached hydrogens (tertiary/aromatic N) is 1. The van der Waals surface area contributed by atoms with E-state index in [1.54, 1.807) is 0 Å². The molecule has 4 N–H and O–H groups in total. The quantitative estimate of drug-likeness (QED) is 0.231. The van der Waals surface area contributed by atoms with Crippen molar-refractivity contribution in [1.29, 1.82) is 0 Å². The molecule has 6 heteroatoms. The summed E-state index contributed by atoms with van der Waals surface area (Å²) in [6.07, 6.45) is 14.5. The molecule has 38 heavy (non-hydrogen) atoms. The minimum Gasteiger partial charge on any atom is -0.393 e. The summed E-state index contributed by atoms with van der Waals surface area (Å²) in [7, 11) is 0. The van der Waals surface area contributed by atoms with Crippen molar-refractivity contribution < 1.29 is 14.7 Å². The van der Waals surface area contributed by atoms with Crippen LogP contribution in [0.5, 0.6) is 0 Å². The highest BCUT2D eigenvalue weighted by atomic mass is 16.6. The van der Waals surface area contributed by atoms with Gasteiger partial charge in [0.1, 0.15) is 0 Å². The summed E-state index contributed by atoms with van der Waals surface area (Å²) in [4.78, 5) is 18.0. The van der Waals surface area contributed by atoms with Gasteiger partial charge in [0.2, 0.25) is 0 Å². The van der Waals surface area contributed by atoms with E-state index in [2.05, 4.69) is 51.2 Å². The number of nitrogens with one attached hydrogen (secondary N) is 1. The Morgan fingerprint density at radius 1 is 1.13 bits per heavy atom. The molecular weight excluding hydrogens is 474 g/mol. The van der Waals surface area contributed by atoms with E-state index in [1.807, 2.05) is 0 Å². The van der Waals surface area contributed by atoms with E-state index in [0.717, 1.165) is 49.1 Å². The molecule has 0 bridgehead atoms. The number of amides is 1. The van der Waals surface area contributed by atoms with Gasteiger partial charge in [-0.05, 0) is 104 Å². The summed E-state index contributed by atoms with van der Waals surface area (Å²) in [6, 6.07) is 0. The Bertz CT molecular complexity index is 885. The predicted molar refractivity (Wildman–Crippen MR) is 155 cm³/mol. The van der Waals surface area contributed by atoms with Gasteiger partial charge in [-0.15, -0.1) is 0 Å². The largest absolute Gasteiger partial charge is 0.393 e. The number of oxime groups is 1. The van der Waals surface area contributed by atoms with Crippen LogP contribution in [0.25, 0.3) is 0 Å². The van der Waals surface area contributed by atoms with E-state index in [0.29, 0.717) is 36.3 Å². The maximum absolute atomic E-state index is 12.2. The lowest BCUT2D eigenvalue weighted by Crippen LogP contribution is -2.53. The number of aliphatic hydroxyl groups is 1. The second-order valence-electron chi connectivity index (χ2n) is 14.0. The first-order valence-corrected chi connectivity index (χ1v) is 15.7. The van der Waals surface area contributed by atoms with Gasteiger partial charge in [-0.3, -0.25) is 4.79 Å². The van der Waals surface area contributed by atoms with Gasteiger partial charge < -0.3 is 21.0 Å². The van der Waals surface area contributed by atoms with Crippen LogP contribution in [0.4, 0.5) is 0 Å². The van der Waals surface area contributed by atoms with Gasteiger partial charge in [0.05, 0.1) is 11.8 Å². The molecule has 216 valence electrons. The molecule has 6 nitrogen and oxygen atoms in total. The van der Waals surface area contributed by atoms with Gasteiger partial charge in [-0.2, -0.15) is 0 Å². The highest BCUT2D eigenvalue weighted by Crippen LogP contribution is 2.66. The van der Waals surface area contributed by atoms with Crippen molar-refractivity contribution >= 4 is 11.6 Å². The Hall–Kier alpha value is -1.40. The summed E-state index contributed by atoms with van der Waals surface area (Å²) in [5, 5.41) is 18.1. The molecule has 0 radical (unpaired) electrons. The number of allylic oxidation sites excluding steroid dienone is 1. The van der Waals surface area contributed by atoms with Crippen LogP contribution in [0, 0.1) is 46.3 Å². The molecule has 0 aliphatic heterocycles. The SMILES string of the molecule is CC(C)CCC[C@@H](C)[C@H]1CC[C@H]2[C@@H]3/C(=N/OCC(=O)NCCCN)C=C4C[C@@H](O)CC[C@]4(C)[C@H]3CC[C@]12C. The van der Waals surface area contributed by atoms with Crippen molar-refractivity contribution in [3.05, 3.63) is 11.6 Å². The molecule has 0 aromatic rings. The number of hydrogen-bond acceptors (Lipinski definition) is 5. The van der Waals surface area contributed by atoms with Gasteiger partial charge in [-0.1, -0.05) is 64.6 Å². The zero-order valence-corrected chi connectivity index (χ0v) is 24.8. The number of rotatable bonds is 11. The van der Waals surface area contributed by atoms with E-state index >= 15 is 0 Å². The number of carbonyl (C=O) groups excluding carboxylic acids is 1. The molecule has 3 fully saturated rings. The van der Waals surface area contributed by atoms with Gasteiger partial charge >= 0.3 is 0 Å². The zero-order chi connectivity index (χ0) is 27.5. The molecule has 0 aromatic carbocycles. The fraction of sp³-hybridized carbons (Fsp3) is 0.875. The lowest BCUT2D eigenvalue weighted by Gasteiger charge is -2.58. The van der Waals surface area contributed by atoms with Crippen LogP contribution in [0.3, 0.4) is 0 Å². The van der Waals surface area contributed by atoms with Crippen LogP contribution in [0.2, 0.25) is 0 Å². The standard InChI is InChI=1S/C32H55N3O3/c1-21(2)8-6-9-22(3)25-10-11-26-30-27(13-15-32(25,26)5)31(4)14-12-24(36)18-23(31)19-28(30)35-38-20-29(37)34-17-7-16-33/h19,21-22,24-27,30,36H,6-18,20,33H2,1-5H3,(H,34,37)/b35-28+/t22-,24+,25-,26+,27+,30+,31+,32-/m1/s1. The van der Waals surface area contributed by atoms with Gasteiger partial charge in [0.25, 0.3) is 5.91 Å². The Morgan fingerprint density at radius 3 is 2.66 bits per heavy atom. The van der Waals surface area contributed by atoms with Gasteiger partial charge in [0.15, 0.2) is 6.61 Å². The summed E-state index contributed by atoms with van der Waals surface area (Å²) in [6.45, 7) is 13.3. The first kappa shape index (κ1) is 29.6. The lowest BCUT2D eigenvalue weighted by atomic mass is 9.46. The van der Waals surface area contributed by atoms with E-state index in [1.165, 1.54) is 50.5 Å². The van der Waals surface area contributed by atoms with Crippen LogP contribution in [0.15, 0.2) is 16.8 Å². The monoisotopic (exact) mass is 529 g/mol. The first-order valence-electron chi connectivity index (χ1n) is 15.7. The smallest absolute Gasteiger partial charge is 0.260 e. The molecule has 0 unspecified atom stereocenters. The fourth-order valence-electron chi connectivity index (χ4n) is 9.06. The average molecular weight is 530 g/mol. The number of fused-ring (bicyclic) bond motifs is 5. The summed E-state index contributed by atoms with van der Waals surface area (Å²) in [5.41, 5.74) is 8.36. The normalized spacial score (nSPS) is 38.3. The molecule has 3 saturated carbocycles. The molecule has 4 aliphatic carbocycles. The minimum atomic E-state index is -0.266. The molecule has 8 atom stereocenters. The highest BCUT2D eigenvalue weighted by Gasteiger charge is 2.60. The number of carbonyl (C=O) groups is 1. The summed E-state index contributed by atoms with van der Waals surface area (Å²) >= 11 is 0. The third kappa shape index (κ3) is 6.01. The Balaban J connectivity index is 1.56. The zero-order valence-electron chi connectivity index (χ0n) is 24.8. The van der Waals surface area contributed by atoms with E-state index < -0.39 is 0 Å². The molecule has 0 heterocycles. The maximum atomic E-state index is 12.2. The van der Waals surface area contributed by atoms with Crippen molar-refractivity contribution in [1.82, 2.24) is 5.32 Å². The van der Waals surface area contributed by atoms with Gasteiger partial charge in [0, 0.05) is 12.5 Å².